The number of pyridine rings is 1. The molecule has 4 aromatic rings. The number of rotatable bonds is 16. The van der Waals surface area contributed by atoms with E-state index in [0.29, 0.717) is 53.0 Å². The van der Waals surface area contributed by atoms with Crippen molar-refractivity contribution >= 4 is 46.8 Å². The molecular weight excluding hydrogens is 713 g/mol. The number of aryl methyl sites for hydroxylation is 1. The molecule has 0 bridgehead atoms. The third-order valence-corrected chi connectivity index (χ3v) is 9.74. The van der Waals surface area contributed by atoms with Gasteiger partial charge in [-0.15, -0.1) is 0 Å². The highest BCUT2D eigenvalue weighted by atomic mass is 16.4. The molecule has 3 amide bonds. The highest BCUT2D eigenvalue weighted by molar-refractivity contribution is 6.17. The number of benzene rings is 2. The van der Waals surface area contributed by atoms with Gasteiger partial charge in [0.2, 0.25) is 5.95 Å². The fraction of sp³-hybridized carbons (Fsp3) is 0.286. The monoisotopic (exact) mass is 756 g/mol. The molecule has 0 saturated carbocycles. The number of ketones is 1. The number of carbonyl (C=O) groups excluding carboxylic acids is 4. The zero-order chi connectivity index (χ0) is 39.6. The van der Waals surface area contributed by atoms with Crippen LogP contribution in [0.1, 0.15) is 47.2 Å². The zero-order valence-corrected chi connectivity index (χ0v) is 31.4. The van der Waals surface area contributed by atoms with E-state index in [1.165, 1.54) is 29.4 Å². The number of hydrogen-bond acceptors (Lipinski definition) is 11. The number of amides is 3. The van der Waals surface area contributed by atoms with Crippen LogP contribution in [0.5, 0.6) is 0 Å². The number of nitrogens with one attached hydrogen (secondary N) is 1. The predicted molar refractivity (Wildman–Crippen MR) is 211 cm³/mol. The van der Waals surface area contributed by atoms with Crippen molar-refractivity contribution in [2.75, 3.05) is 50.0 Å². The molecule has 14 heteroatoms. The van der Waals surface area contributed by atoms with Crippen molar-refractivity contribution in [2.45, 2.75) is 39.2 Å². The fourth-order valence-corrected chi connectivity index (χ4v) is 6.44. The van der Waals surface area contributed by atoms with Crippen LogP contribution in [0.3, 0.4) is 0 Å². The Labute approximate surface area is 325 Å². The Kier molecular flexibility index (Phi) is 12.8. The average Bonchev–Trinajstić information content (AvgIpc) is 3.53. The van der Waals surface area contributed by atoms with E-state index in [4.69, 9.17) is 4.98 Å². The zero-order valence-electron chi connectivity index (χ0n) is 31.4. The molecule has 1 saturated heterocycles. The smallest absolute Gasteiger partial charge is 0.340 e. The number of carboxylic acids is 1. The minimum absolute atomic E-state index is 0.0774. The van der Waals surface area contributed by atoms with E-state index < -0.39 is 17.3 Å². The van der Waals surface area contributed by atoms with Crippen molar-refractivity contribution in [1.29, 1.82) is 0 Å². The SMILES string of the molecule is Cc1ccc(NC(=O)c2ccc(CN3CCN(C)CC3)cc2)cc1N(/C=C(/C(=O)O)C(=O)CCCCCN1C(=O)C=CC1=O)c1nccc(-c2cccnc2)n1. The summed E-state index contributed by atoms with van der Waals surface area (Å²) in [5.41, 5.74) is 3.91. The second kappa shape index (κ2) is 18.3. The summed E-state index contributed by atoms with van der Waals surface area (Å²) in [4.78, 5) is 83.9. The van der Waals surface area contributed by atoms with Crippen molar-refractivity contribution in [3.8, 4) is 11.3 Å². The van der Waals surface area contributed by atoms with Crippen LogP contribution in [0.25, 0.3) is 11.3 Å². The lowest BCUT2D eigenvalue weighted by atomic mass is 10.0. The molecule has 1 fully saturated rings. The second-order valence-corrected chi connectivity index (χ2v) is 13.8. The van der Waals surface area contributed by atoms with E-state index in [-0.39, 0.29) is 36.6 Å². The molecule has 0 radical (unpaired) electrons. The molecule has 2 aromatic carbocycles. The number of anilines is 3. The lowest BCUT2D eigenvalue weighted by Crippen LogP contribution is -2.43. The topological polar surface area (TPSA) is 169 Å². The average molecular weight is 757 g/mol. The van der Waals surface area contributed by atoms with E-state index >= 15 is 0 Å². The number of aliphatic carboxylic acids is 1. The highest BCUT2D eigenvalue weighted by Gasteiger charge is 2.25. The Morgan fingerprint density at radius 2 is 1.66 bits per heavy atom. The number of imide groups is 1. The van der Waals surface area contributed by atoms with E-state index in [0.717, 1.165) is 43.2 Å². The Hall–Kier alpha value is -6.38. The summed E-state index contributed by atoms with van der Waals surface area (Å²) in [6.45, 7) is 6.88. The molecule has 0 aliphatic carbocycles. The van der Waals surface area contributed by atoms with Gasteiger partial charge in [0.15, 0.2) is 5.78 Å². The molecule has 288 valence electrons. The van der Waals surface area contributed by atoms with E-state index in [2.05, 4.69) is 32.1 Å². The first-order valence-electron chi connectivity index (χ1n) is 18.5. The van der Waals surface area contributed by atoms with Crippen LogP contribution < -0.4 is 10.2 Å². The van der Waals surface area contributed by atoms with Crippen LogP contribution in [0, 0.1) is 6.92 Å². The molecule has 0 atom stereocenters. The van der Waals surface area contributed by atoms with Gasteiger partial charge in [0, 0.05) is 99.4 Å². The maximum absolute atomic E-state index is 13.5. The summed E-state index contributed by atoms with van der Waals surface area (Å²) >= 11 is 0. The molecule has 14 nitrogen and oxygen atoms in total. The van der Waals surface area contributed by atoms with Gasteiger partial charge in [0.05, 0.1) is 11.4 Å². The van der Waals surface area contributed by atoms with Crippen molar-refractivity contribution in [3.63, 3.8) is 0 Å². The molecule has 2 N–H and O–H groups in total. The lowest BCUT2D eigenvalue weighted by Gasteiger charge is -2.32. The minimum Gasteiger partial charge on any atom is -0.478 e. The fourth-order valence-electron chi connectivity index (χ4n) is 6.44. The van der Waals surface area contributed by atoms with Gasteiger partial charge in [0.25, 0.3) is 17.7 Å². The maximum Gasteiger partial charge on any atom is 0.340 e. The molecule has 0 spiro atoms. The van der Waals surface area contributed by atoms with Gasteiger partial charge in [-0.2, -0.15) is 0 Å². The van der Waals surface area contributed by atoms with Crippen LogP contribution in [-0.2, 0) is 25.7 Å². The Bertz CT molecular complexity index is 2130. The third-order valence-electron chi connectivity index (χ3n) is 9.74. The van der Waals surface area contributed by atoms with Gasteiger partial charge >= 0.3 is 5.97 Å². The number of hydrogen-bond donors (Lipinski definition) is 2. The summed E-state index contributed by atoms with van der Waals surface area (Å²) < 4.78 is 0. The molecule has 6 rings (SSSR count). The summed E-state index contributed by atoms with van der Waals surface area (Å²) in [6, 6.07) is 18.0. The first-order chi connectivity index (χ1) is 27.0. The van der Waals surface area contributed by atoms with Crippen molar-refractivity contribution in [3.05, 3.63) is 120 Å². The van der Waals surface area contributed by atoms with E-state index in [9.17, 15) is 29.1 Å². The Morgan fingerprint density at radius 3 is 2.36 bits per heavy atom. The molecule has 2 aliphatic heterocycles. The van der Waals surface area contributed by atoms with Gasteiger partial charge in [-0.05, 0) is 80.4 Å². The van der Waals surface area contributed by atoms with Crippen LogP contribution in [-0.4, -0.2) is 104 Å². The summed E-state index contributed by atoms with van der Waals surface area (Å²) in [7, 11) is 2.12. The number of piperazine rings is 1. The summed E-state index contributed by atoms with van der Waals surface area (Å²) in [5.74, 6) is -3.02. The maximum atomic E-state index is 13.5. The third kappa shape index (κ3) is 10.0. The molecule has 2 aromatic heterocycles. The van der Waals surface area contributed by atoms with Crippen molar-refractivity contribution in [1.82, 2.24) is 29.7 Å². The van der Waals surface area contributed by atoms with Crippen molar-refractivity contribution in [2.24, 2.45) is 0 Å². The van der Waals surface area contributed by atoms with E-state index in [1.807, 2.05) is 25.1 Å². The Morgan fingerprint density at radius 1 is 0.911 bits per heavy atom. The number of unbranched alkanes of at least 4 members (excludes halogenated alkanes) is 2. The number of carboxylic acid groups (broad SMARTS) is 1. The van der Waals surface area contributed by atoms with Gasteiger partial charge in [0.1, 0.15) is 5.57 Å². The van der Waals surface area contributed by atoms with Crippen LogP contribution in [0.4, 0.5) is 17.3 Å². The number of carbonyl (C=O) groups is 5. The predicted octanol–water partition coefficient (Wildman–Crippen LogP) is 5.01. The van der Waals surface area contributed by atoms with Gasteiger partial charge in [-0.3, -0.25) is 38.9 Å². The minimum atomic E-state index is -1.43. The highest BCUT2D eigenvalue weighted by Crippen LogP contribution is 2.32. The van der Waals surface area contributed by atoms with E-state index in [1.54, 1.807) is 54.9 Å². The largest absolute Gasteiger partial charge is 0.478 e. The van der Waals surface area contributed by atoms with Crippen LogP contribution in [0.15, 0.2) is 103 Å². The first-order valence-corrected chi connectivity index (χ1v) is 18.5. The molecule has 56 heavy (non-hydrogen) atoms. The number of nitrogens with zero attached hydrogens (tertiary/aromatic N) is 7. The first kappa shape index (κ1) is 39.3. The molecule has 0 unspecified atom stereocenters. The standard InChI is InChI=1S/C42H44N8O6/c1-29-9-14-33(45-40(54)31-12-10-30(11-13-31)27-48-23-21-47(2)22-24-48)25-36(29)50(42-44-19-17-35(46-42)32-7-6-18-43-26-32)28-34(41(55)56)37(51)8-4-3-5-20-49-38(52)15-16-39(49)53/h6-7,9-19,25-26,28H,3-5,8,20-24,27H2,1-2H3,(H,45,54)(H,55,56)/b34-28+. The number of likely N-dealkylation sites (N-methyl/N-ethyl adjacent to an activating group) is 1. The van der Waals surface area contributed by atoms with Gasteiger partial charge < -0.3 is 15.3 Å². The van der Waals surface area contributed by atoms with Crippen LogP contribution >= 0.6 is 0 Å². The summed E-state index contributed by atoms with van der Waals surface area (Å²) in [5, 5.41) is 13.3. The molecule has 2 aliphatic rings. The molecule has 4 heterocycles. The van der Waals surface area contributed by atoms with Crippen LogP contribution in [0.2, 0.25) is 0 Å². The summed E-state index contributed by atoms with van der Waals surface area (Å²) in [6.07, 6.45) is 9.71. The van der Waals surface area contributed by atoms with Gasteiger partial charge in [-0.1, -0.05) is 24.6 Å². The lowest BCUT2D eigenvalue weighted by molar-refractivity contribution is -0.137. The number of aromatic nitrogens is 3. The number of Topliss-reactive ketones (excluding diaryl/α,β-unsaturated/α-hetero) is 1. The van der Waals surface area contributed by atoms with Crippen molar-refractivity contribution < 1.29 is 29.1 Å². The normalized spacial score (nSPS) is 15.0. The molecular formula is C42H44N8O6. The quantitative estimate of drug-likeness (QED) is 0.0517. The Balaban J connectivity index is 1.23. The van der Waals surface area contributed by atoms with Gasteiger partial charge in [-0.25, -0.2) is 14.8 Å². The second-order valence-electron chi connectivity index (χ2n) is 13.8.